The van der Waals surface area contributed by atoms with E-state index in [0.29, 0.717) is 18.1 Å². The van der Waals surface area contributed by atoms with Gasteiger partial charge in [0.2, 0.25) is 0 Å². The molecule has 0 spiro atoms. The van der Waals surface area contributed by atoms with Crippen molar-refractivity contribution in [3.05, 3.63) is 10.5 Å². The molecule has 8 heteroatoms. The first kappa shape index (κ1) is 17.8. The number of esters is 1. The highest BCUT2D eigenvalue weighted by Gasteiger charge is 2.28. The highest BCUT2D eigenvalue weighted by Crippen LogP contribution is 2.18. The van der Waals surface area contributed by atoms with Crippen LogP contribution < -0.4 is 11.4 Å². The average Bonchev–Trinajstić information content (AvgIpc) is 2.79. The van der Waals surface area contributed by atoms with Crippen molar-refractivity contribution in [1.29, 1.82) is 0 Å². The molecule has 0 radical (unpaired) electrons. The van der Waals surface area contributed by atoms with Crippen LogP contribution in [0.4, 0.5) is 0 Å². The van der Waals surface area contributed by atoms with Crippen molar-refractivity contribution in [2.45, 2.75) is 56.8 Å². The van der Waals surface area contributed by atoms with Crippen LogP contribution in [0.5, 0.6) is 0 Å². The van der Waals surface area contributed by atoms with Gasteiger partial charge >= 0.3 is 11.7 Å². The van der Waals surface area contributed by atoms with E-state index in [0.717, 1.165) is 25.0 Å². The number of aromatic amines is 1. The van der Waals surface area contributed by atoms with Gasteiger partial charge < -0.3 is 10.5 Å². The number of nitrogens with zero attached hydrogens (tertiary/aromatic N) is 2. The van der Waals surface area contributed by atoms with Crippen molar-refractivity contribution in [2.24, 2.45) is 5.73 Å². The van der Waals surface area contributed by atoms with E-state index in [-0.39, 0.29) is 11.7 Å². The molecule has 21 heavy (non-hydrogen) atoms. The molecule has 0 saturated heterocycles. The molecule has 120 valence electrons. The number of nitrogens with one attached hydrogen (secondary N) is 1. The van der Waals surface area contributed by atoms with Gasteiger partial charge in [0.05, 0.1) is 7.11 Å². The van der Waals surface area contributed by atoms with E-state index in [1.165, 1.54) is 18.9 Å². The summed E-state index contributed by atoms with van der Waals surface area (Å²) in [5.74, 6) is 0.435. The average molecular weight is 316 g/mol. The molecule has 0 amide bonds. The Labute approximate surface area is 128 Å². The molecular weight excluding hydrogens is 292 g/mol. The molecule has 1 atom stereocenters. The fourth-order valence-electron chi connectivity index (χ4n) is 1.93. The number of aromatic nitrogens is 3. The Kier molecular flexibility index (Phi) is 6.97. The minimum atomic E-state index is -0.934. The molecule has 7 nitrogen and oxygen atoms in total. The zero-order chi connectivity index (χ0) is 15.9. The monoisotopic (exact) mass is 316 g/mol. The standard InChI is InChI=1S/C13H24N4O3S/c1-4-8-17-11(19)15-16-12(17)21-9-6-5-7-13(2,14)10(18)20-3/h4-9,14H2,1-3H3,(H,15,19). The number of ether oxygens (including phenoxy) is 1. The summed E-state index contributed by atoms with van der Waals surface area (Å²) in [6, 6.07) is 0. The van der Waals surface area contributed by atoms with Gasteiger partial charge in [-0.25, -0.2) is 9.89 Å². The van der Waals surface area contributed by atoms with E-state index in [1.54, 1.807) is 11.5 Å². The Morgan fingerprint density at radius 1 is 1.52 bits per heavy atom. The zero-order valence-corrected chi connectivity index (χ0v) is 13.7. The van der Waals surface area contributed by atoms with E-state index in [1.807, 2.05) is 6.92 Å². The number of unbranched alkanes of at least 4 members (excludes halogenated alkanes) is 1. The maximum atomic E-state index is 11.5. The van der Waals surface area contributed by atoms with Gasteiger partial charge in [-0.2, -0.15) is 0 Å². The number of carbonyl (C=O) groups excluding carboxylic acids is 1. The Bertz CT molecular complexity index is 510. The molecule has 1 aromatic heterocycles. The largest absolute Gasteiger partial charge is 0.468 e. The lowest BCUT2D eigenvalue weighted by atomic mass is 9.97. The molecule has 1 heterocycles. The van der Waals surface area contributed by atoms with Gasteiger partial charge in [0.25, 0.3) is 0 Å². The van der Waals surface area contributed by atoms with Crippen molar-refractivity contribution in [2.75, 3.05) is 12.9 Å². The maximum absolute atomic E-state index is 11.5. The van der Waals surface area contributed by atoms with Crippen LogP contribution in [0.1, 0.15) is 39.5 Å². The molecule has 0 aliphatic rings. The number of hydrogen-bond donors (Lipinski definition) is 2. The van der Waals surface area contributed by atoms with Gasteiger partial charge in [-0.1, -0.05) is 25.1 Å². The highest BCUT2D eigenvalue weighted by molar-refractivity contribution is 7.99. The molecule has 0 aromatic carbocycles. The summed E-state index contributed by atoms with van der Waals surface area (Å²) in [5, 5.41) is 7.19. The van der Waals surface area contributed by atoms with Crippen LogP contribution in [0.2, 0.25) is 0 Å². The highest BCUT2D eigenvalue weighted by atomic mass is 32.2. The quantitative estimate of drug-likeness (QED) is 0.402. The van der Waals surface area contributed by atoms with Crippen LogP contribution in [0.15, 0.2) is 9.95 Å². The SMILES string of the molecule is CCCn1c(SCCCCC(C)(N)C(=O)OC)n[nH]c1=O. The molecule has 1 aromatic rings. The van der Waals surface area contributed by atoms with Gasteiger partial charge in [-0.05, 0) is 26.2 Å². The lowest BCUT2D eigenvalue weighted by Crippen LogP contribution is -2.45. The Morgan fingerprint density at radius 3 is 2.86 bits per heavy atom. The molecule has 3 N–H and O–H groups in total. The number of methoxy groups -OCH3 is 1. The van der Waals surface area contributed by atoms with Gasteiger partial charge in [0, 0.05) is 12.3 Å². The molecular formula is C13H24N4O3S. The van der Waals surface area contributed by atoms with E-state index in [4.69, 9.17) is 5.73 Å². The van der Waals surface area contributed by atoms with Gasteiger partial charge in [-0.15, -0.1) is 5.10 Å². The first-order valence-electron chi connectivity index (χ1n) is 7.07. The van der Waals surface area contributed by atoms with Crippen LogP contribution in [0, 0.1) is 0 Å². The number of nitrogens with two attached hydrogens (primary N) is 1. The number of hydrogen-bond acceptors (Lipinski definition) is 6. The summed E-state index contributed by atoms with van der Waals surface area (Å²) in [6.45, 7) is 4.36. The second-order valence-electron chi connectivity index (χ2n) is 5.18. The van der Waals surface area contributed by atoms with Gasteiger partial charge in [-0.3, -0.25) is 9.36 Å². The molecule has 1 unspecified atom stereocenters. The van der Waals surface area contributed by atoms with Gasteiger partial charge in [0.15, 0.2) is 5.16 Å². The minimum absolute atomic E-state index is 0.167. The Morgan fingerprint density at radius 2 is 2.24 bits per heavy atom. The summed E-state index contributed by atoms with van der Waals surface area (Å²) in [5.41, 5.74) is 4.79. The lowest BCUT2D eigenvalue weighted by molar-refractivity contribution is -0.146. The molecule has 0 fully saturated rings. The zero-order valence-electron chi connectivity index (χ0n) is 12.8. The summed E-state index contributed by atoms with van der Waals surface area (Å²) < 4.78 is 6.31. The third-order valence-corrected chi connectivity index (χ3v) is 4.21. The summed E-state index contributed by atoms with van der Waals surface area (Å²) in [7, 11) is 1.34. The normalized spacial score (nSPS) is 13.9. The van der Waals surface area contributed by atoms with Crippen molar-refractivity contribution >= 4 is 17.7 Å². The first-order valence-corrected chi connectivity index (χ1v) is 8.06. The predicted molar refractivity (Wildman–Crippen MR) is 82.3 cm³/mol. The van der Waals surface area contributed by atoms with E-state index < -0.39 is 5.54 Å². The molecule has 0 aliphatic heterocycles. The van der Waals surface area contributed by atoms with Gasteiger partial charge in [0.1, 0.15) is 5.54 Å². The van der Waals surface area contributed by atoms with Crippen molar-refractivity contribution in [3.8, 4) is 0 Å². The smallest absolute Gasteiger partial charge is 0.343 e. The van der Waals surface area contributed by atoms with E-state index >= 15 is 0 Å². The summed E-state index contributed by atoms with van der Waals surface area (Å²) >= 11 is 1.54. The molecule has 0 aliphatic carbocycles. The molecule has 0 saturated carbocycles. The number of carbonyl (C=O) groups is 1. The Balaban J connectivity index is 2.35. The maximum Gasteiger partial charge on any atom is 0.343 e. The van der Waals surface area contributed by atoms with Crippen LogP contribution in [0.3, 0.4) is 0 Å². The minimum Gasteiger partial charge on any atom is -0.468 e. The summed E-state index contributed by atoms with van der Waals surface area (Å²) in [6.07, 6.45) is 3.17. The van der Waals surface area contributed by atoms with Crippen LogP contribution in [-0.4, -0.2) is 39.1 Å². The van der Waals surface area contributed by atoms with Crippen molar-refractivity contribution in [1.82, 2.24) is 14.8 Å². The Hall–Kier alpha value is -1.28. The number of H-pyrrole nitrogens is 1. The molecule has 0 bridgehead atoms. The van der Waals surface area contributed by atoms with Crippen molar-refractivity contribution in [3.63, 3.8) is 0 Å². The third kappa shape index (κ3) is 5.20. The lowest BCUT2D eigenvalue weighted by Gasteiger charge is -2.20. The number of thioether (sulfide) groups is 1. The van der Waals surface area contributed by atoms with Crippen LogP contribution in [-0.2, 0) is 16.1 Å². The second kappa shape index (κ2) is 8.23. The fourth-order valence-corrected chi connectivity index (χ4v) is 2.90. The second-order valence-corrected chi connectivity index (χ2v) is 6.24. The summed E-state index contributed by atoms with van der Waals surface area (Å²) in [4.78, 5) is 23.0. The fraction of sp³-hybridized carbons (Fsp3) is 0.769. The van der Waals surface area contributed by atoms with E-state index in [9.17, 15) is 9.59 Å². The van der Waals surface area contributed by atoms with E-state index in [2.05, 4.69) is 14.9 Å². The van der Waals surface area contributed by atoms with Crippen LogP contribution in [0.25, 0.3) is 0 Å². The third-order valence-electron chi connectivity index (χ3n) is 3.14. The predicted octanol–water partition coefficient (Wildman–Crippen LogP) is 1.13. The van der Waals surface area contributed by atoms with Crippen molar-refractivity contribution < 1.29 is 9.53 Å². The molecule has 1 rings (SSSR count). The topological polar surface area (TPSA) is 103 Å². The first-order chi connectivity index (χ1) is 9.92. The number of rotatable bonds is 9. The van der Waals surface area contributed by atoms with Crippen LogP contribution >= 0.6 is 11.8 Å².